The van der Waals surface area contributed by atoms with Crippen LogP contribution in [0.5, 0.6) is 0 Å². The predicted molar refractivity (Wildman–Crippen MR) is 84.4 cm³/mol. The summed E-state index contributed by atoms with van der Waals surface area (Å²) in [5, 5.41) is 4.99. The Hall–Kier alpha value is -1.85. The number of hydrogen-bond acceptors (Lipinski definition) is 3. The fourth-order valence-corrected chi connectivity index (χ4v) is 2.89. The van der Waals surface area contributed by atoms with Gasteiger partial charge in [0, 0.05) is 25.2 Å². The fourth-order valence-electron chi connectivity index (χ4n) is 2.64. The third-order valence-corrected chi connectivity index (χ3v) is 4.17. The van der Waals surface area contributed by atoms with Crippen molar-refractivity contribution < 1.29 is 0 Å². The molecule has 21 heavy (non-hydrogen) atoms. The van der Waals surface area contributed by atoms with E-state index >= 15 is 0 Å². The maximum atomic E-state index is 6.29. The second-order valence-electron chi connectivity index (χ2n) is 5.33. The first-order valence-corrected chi connectivity index (χ1v) is 7.27. The molecule has 3 aromatic rings. The second-order valence-corrected chi connectivity index (χ2v) is 5.69. The minimum Gasteiger partial charge on any atom is -0.329 e. The van der Waals surface area contributed by atoms with Crippen molar-refractivity contribution in [1.82, 2.24) is 19.3 Å². The fraction of sp³-hybridized carbons (Fsp3) is 0.333. The number of aromatic nitrogens is 4. The van der Waals surface area contributed by atoms with Crippen molar-refractivity contribution in [1.29, 1.82) is 0 Å². The molecule has 0 aliphatic heterocycles. The number of para-hydroxylation sites is 2. The Morgan fingerprint density at radius 3 is 2.81 bits per heavy atom. The Bertz CT molecular complexity index is 774. The molecule has 6 heteroatoms. The molecule has 5 nitrogen and oxygen atoms in total. The SMILES string of the molecule is Cc1nn(C)c(Cl)c1CC(N)Cn1cnc2ccccc21. The summed E-state index contributed by atoms with van der Waals surface area (Å²) in [6.07, 6.45) is 2.53. The first-order chi connectivity index (χ1) is 10.1. The van der Waals surface area contributed by atoms with Gasteiger partial charge in [0.2, 0.25) is 0 Å². The number of fused-ring (bicyclic) bond motifs is 1. The molecule has 0 saturated carbocycles. The molecule has 0 radical (unpaired) electrons. The number of nitrogens with two attached hydrogens (primary N) is 1. The summed E-state index contributed by atoms with van der Waals surface area (Å²) < 4.78 is 3.77. The first kappa shape index (κ1) is 14.1. The molecule has 0 spiro atoms. The summed E-state index contributed by atoms with van der Waals surface area (Å²) >= 11 is 6.26. The van der Waals surface area contributed by atoms with E-state index in [1.165, 1.54) is 0 Å². The lowest BCUT2D eigenvalue weighted by molar-refractivity contribution is 0.558. The quantitative estimate of drug-likeness (QED) is 0.804. The molecular weight excluding hydrogens is 286 g/mol. The highest BCUT2D eigenvalue weighted by Crippen LogP contribution is 2.20. The van der Waals surface area contributed by atoms with Crippen molar-refractivity contribution >= 4 is 22.6 Å². The summed E-state index contributed by atoms with van der Waals surface area (Å²) in [5.74, 6) is 0. The van der Waals surface area contributed by atoms with Gasteiger partial charge in [-0.25, -0.2) is 4.98 Å². The van der Waals surface area contributed by atoms with Crippen LogP contribution in [-0.4, -0.2) is 25.4 Å². The number of rotatable bonds is 4. The van der Waals surface area contributed by atoms with Gasteiger partial charge in [-0.2, -0.15) is 5.10 Å². The van der Waals surface area contributed by atoms with Crippen molar-refractivity contribution in [2.75, 3.05) is 0 Å². The minimum atomic E-state index is -0.0389. The van der Waals surface area contributed by atoms with E-state index in [9.17, 15) is 0 Å². The highest BCUT2D eigenvalue weighted by atomic mass is 35.5. The number of benzene rings is 1. The van der Waals surface area contributed by atoms with Crippen LogP contribution in [0.2, 0.25) is 5.15 Å². The molecule has 2 aromatic heterocycles. The first-order valence-electron chi connectivity index (χ1n) is 6.89. The molecule has 1 aromatic carbocycles. The third-order valence-electron chi connectivity index (χ3n) is 3.69. The highest BCUT2D eigenvalue weighted by Gasteiger charge is 2.15. The van der Waals surface area contributed by atoms with Crippen molar-refractivity contribution in [2.45, 2.75) is 25.9 Å². The van der Waals surface area contributed by atoms with Gasteiger partial charge < -0.3 is 10.3 Å². The van der Waals surface area contributed by atoms with Gasteiger partial charge in [-0.3, -0.25) is 4.68 Å². The molecule has 1 unspecified atom stereocenters. The molecule has 1 atom stereocenters. The average molecular weight is 304 g/mol. The number of nitrogens with zero attached hydrogens (tertiary/aromatic N) is 4. The van der Waals surface area contributed by atoms with Crippen molar-refractivity contribution in [3.8, 4) is 0 Å². The standard InChI is InChI=1S/C15H18ClN5/c1-10-12(15(16)20(2)19-10)7-11(17)8-21-9-18-13-5-3-4-6-14(13)21/h3-6,9,11H,7-8,17H2,1-2H3. The molecule has 3 rings (SSSR count). The molecule has 110 valence electrons. The van der Waals surface area contributed by atoms with Crippen LogP contribution in [0, 0.1) is 6.92 Å². The van der Waals surface area contributed by atoms with E-state index in [0.717, 1.165) is 22.3 Å². The van der Waals surface area contributed by atoms with E-state index in [2.05, 4.69) is 20.7 Å². The molecule has 2 heterocycles. The Kier molecular flexibility index (Phi) is 3.69. The van der Waals surface area contributed by atoms with Crippen molar-refractivity contribution in [2.24, 2.45) is 12.8 Å². The average Bonchev–Trinajstić information content (AvgIpc) is 2.96. The van der Waals surface area contributed by atoms with Gasteiger partial charge in [0.15, 0.2) is 0 Å². The molecule has 2 N–H and O–H groups in total. The smallest absolute Gasteiger partial charge is 0.130 e. The summed E-state index contributed by atoms with van der Waals surface area (Å²) in [6.45, 7) is 2.66. The van der Waals surface area contributed by atoms with Gasteiger partial charge >= 0.3 is 0 Å². The van der Waals surface area contributed by atoms with Crippen LogP contribution in [0.1, 0.15) is 11.3 Å². The topological polar surface area (TPSA) is 61.7 Å². The normalized spacial score (nSPS) is 13.0. The molecule has 0 bridgehead atoms. The van der Waals surface area contributed by atoms with Crippen LogP contribution in [0.25, 0.3) is 11.0 Å². The summed E-state index contributed by atoms with van der Waals surface area (Å²) in [6, 6.07) is 8.01. The molecule has 0 fully saturated rings. The van der Waals surface area contributed by atoms with E-state index < -0.39 is 0 Å². The molecule has 0 aliphatic carbocycles. The zero-order valence-electron chi connectivity index (χ0n) is 12.1. The zero-order valence-corrected chi connectivity index (χ0v) is 12.9. The number of aryl methyl sites for hydroxylation is 2. The Morgan fingerprint density at radius 2 is 2.10 bits per heavy atom. The molecule has 0 amide bonds. The largest absolute Gasteiger partial charge is 0.329 e. The third kappa shape index (κ3) is 2.66. The Morgan fingerprint density at radius 1 is 1.33 bits per heavy atom. The van der Waals surface area contributed by atoms with E-state index in [0.29, 0.717) is 18.1 Å². The van der Waals surface area contributed by atoms with Crippen LogP contribution >= 0.6 is 11.6 Å². The summed E-state index contributed by atoms with van der Waals surface area (Å²) in [4.78, 5) is 4.38. The van der Waals surface area contributed by atoms with Gasteiger partial charge in [-0.05, 0) is 25.5 Å². The Labute approximate surface area is 128 Å². The Balaban J connectivity index is 1.79. The maximum Gasteiger partial charge on any atom is 0.130 e. The molecule has 0 aliphatic rings. The van der Waals surface area contributed by atoms with Crippen molar-refractivity contribution in [3.63, 3.8) is 0 Å². The molecule has 0 saturated heterocycles. The maximum absolute atomic E-state index is 6.29. The lowest BCUT2D eigenvalue weighted by Crippen LogP contribution is -2.28. The monoisotopic (exact) mass is 303 g/mol. The van der Waals surface area contributed by atoms with E-state index in [1.807, 2.05) is 38.5 Å². The van der Waals surface area contributed by atoms with Gasteiger partial charge in [0.1, 0.15) is 5.15 Å². The van der Waals surface area contributed by atoms with Gasteiger partial charge in [0.25, 0.3) is 0 Å². The van der Waals surface area contributed by atoms with Gasteiger partial charge in [-0.1, -0.05) is 23.7 Å². The van der Waals surface area contributed by atoms with Gasteiger partial charge in [-0.15, -0.1) is 0 Å². The predicted octanol–water partition coefficient (Wildman–Crippen LogP) is 2.30. The highest BCUT2D eigenvalue weighted by molar-refractivity contribution is 6.30. The van der Waals surface area contributed by atoms with Crippen LogP contribution in [0.15, 0.2) is 30.6 Å². The van der Waals surface area contributed by atoms with Crippen LogP contribution < -0.4 is 5.73 Å². The minimum absolute atomic E-state index is 0.0389. The summed E-state index contributed by atoms with van der Waals surface area (Å²) in [5.41, 5.74) is 10.3. The number of hydrogen-bond donors (Lipinski definition) is 1. The van der Waals surface area contributed by atoms with E-state index in [4.69, 9.17) is 17.3 Å². The van der Waals surface area contributed by atoms with Gasteiger partial charge in [0.05, 0.1) is 23.1 Å². The van der Waals surface area contributed by atoms with E-state index in [1.54, 1.807) is 4.68 Å². The van der Waals surface area contributed by atoms with E-state index in [-0.39, 0.29) is 6.04 Å². The number of halogens is 1. The van der Waals surface area contributed by atoms with Crippen LogP contribution in [0.4, 0.5) is 0 Å². The second kappa shape index (κ2) is 5.50. The lowest BCUT2D eigenvalue weighted by atomic mass is 10.1. The summed E-state index contributed by atoms with van der Waals surface area (Å²) in [7, 11) is 1.84. The van der Waals surface area contributed by atoms with Crippen LogP contribution in [-0.2, 0) is 20.0 Å². The van der Waals surface area contributed by atoms with Crippen LogP contribution in [0.3, 0.4) is 0 Å². The number of imidazole rings is 1. The molecular formula is C15H18ClN5. The van der Waals surface area contributed by atoms with Crippen molar-refractivity contribution in [3.05, 3.63) is 47.0 Å². The lowest BCUT2D eigenvalue weighted by Gasteiger charge is -2.13. The zero-order chi connectivity index (χ0) is 15.0.